The Labute approximate surface area is 134 Å². The molecule has 1 aliphatic rings. The molecule has 0 bridgehead atoms. The Bertz CT molecular complexity index is 765. The van der Waals surface area contributed by atoms with Gasteiger partial charge in [0.2, 0.25) is 5.95 Å². The lowest BCUT2D eigenvalue weighted by molar-refractivity contribution is 0.551. The topological polar surface area (TPSA) is 78.5 Å². The molecule has 3 aromatic rings. The quantitative estimate of drug-likeness (QED) is 0.687. The molecule has 0 saturated carbocycles. The summed E-state index contributed by atoms with van der Waals surface area (Å²) < 4.78 is 0. The summed E-state index contributed by atoms with van der Waals surface area (Å²) in [6.45, 7) is 1.64. The number of nitrogens with zero attached hydrogens (tertiary/aromatic N) is 3. The van der Waals surface area contributed by atoms with Gasteiger partial charge in [-0.05, 0) is 5.56 Å². The molecule has 3 N–H and O–H groups in total. The Balaban J connectivity index is 1.47. The van der Waals surface area contributed by atoms with Crippen molar-refractivity contribution < 1.29 is 0 Å². The molecule has 0 saturated heterocycles. The fraction of sp³-hybridized carbons (Fsp3) is 0.235. The second-order valence-electron chi connectivity index (χ2n) is 5.58. The van der Waals surface area contributed by atoms with Crippen LogP contribution in [0.15, 0.2) is 49.1 Å². The zero-order chi connectivity index (χ0) is 15.5. The van der Waals surface area contributed by atoms with E-state index in [0.29, 0.717) is 12.5 Å². The monoisotopic (exact) mass is 306 g/mol. The van der Waals surface area contributed by atoms with Crippen molar-refractivity contribution in [1.82, 2.24) is 25.3 Å². The number of anilines is 1. The third kappa shape index (κ3) is 2.93. The predicted octanol–water partition coefficient (Wildman–Crippen LogP) is 2.05. The van der Waals surface area contributed by atoms with Crippen LogP contribution < -0.4 is 10.6 Å². The molecule has 0 spiro atoms. The second kappa shape index (κ2) is 6.18. The highest BCUT2D eigenvalue weighted by molar-refractivity contribution is 5.33. The summed E-state index contributed by atoms with van der Waals surface area (Å²) in [4.78, 5) is 16.5. The summed E-state index contributed by atoms with van der Waals surface area (Å²) in [7, 11) is 0. The number of hydrogen-bond donors (Lipinski definition) is 3. The molecule has 6 heteroatoms. The molecule has 1 aliphatic heterocycles. The Morgan fingerprint density at radius 3 is 2.74 bits per heavy atom. The number of benzene rings is 1. The molecule has 6 nitrogen and oxygen atoms in total. The molecule has 0 amide bonds. The zero-order valence-electron chi connectivity index (χ0n) is 12.7. The van der Waals surface area contributed by atoms with Crippen LogP contribution in [0, 0.1) is 0 Å². The van der Waals surface area contributed by atoms with Gasteiger partial charge in [-0.15, -0.1) is 0 Å². The van der Waals surface area contributed by atoms with Gasteiger partial charge in [0.05, 0.1) is 18.1 Å². The molecule has 0 fully saturated rings. The maximum absolute atomic E-state index is 4.43. The number of imidazole rings is 1. The summed E-state index contributed by atoms with van der Waals surface area (Å²) in [6, 6.07) is 10.3. The molecule has 0 aliphatic carbocycles. The van der Waals surface area contributed by atoms with E-state index in [2.05, 4.69) is 42.7 Å². The first-order chi connectivity index (χ1) is 11.4. The van der Waals surface area contributed by atoms with Crippen LogP contribution in [0.4, 0.5) is 5.95 Å². The van der Waals surface area contributed by atoms with Crippen molar-refractivity contribution in [1.29, 1.82) is 0 Å². The maximum Gasteiger partial charge on any atom is 0.222 e. The number of hydrogen-bond acceptors (Lipinski definition) is 5. The van der Waals surface area contributed by atoms with Crippen LogP contribution in [0.2, 0.25) is 0 Å². The van der Waals surface area contributed by atoms with Crippen LogP contribution in [-0.2, 0) is 13.0 Å². The van der Waals surface area contributed by atoms with E-state index < -0.39 is 0 Å². The molecule has 0 radical (unpaired) electrons. The lowest BCUT2D eigenvalue weighted by atomic mass is 10.0. The summed E-state index contributed by atoms with van der Waals surface area (Å²) in [6.07, 6.45) is 6.45. The minimum Gasteiger partial charge on any atom is -0.350 e. The van der Waals surface area contributed by atoms with Gasteiger partial charge < -0.3 is 15.6 Å². The Hall–Kier alpha value is -2.73. The highest BCUT2D eigenvalue weighted by Crippen LogP contribution is 2.25. The second-order valence-corrected chi connectivity index (χ2v) is 5.58. The average Bonchev–Trinajstić information content (AvgIpc) is 3.10. The fourth-order valence-corrected chi connectivity index (χ4v) is 2.85. The molecule has 1 atom stereocenters. The van der Waals surface area contributed by atoms with E-state index in [4.69, 9.17) is 0 Å². The SMILES string of the molecule is c1ccc(CNc2ncc([C@H]3NCCc4[nH]cnc43)cn2)cc1. The largest absolute Gasteiger partial charge is 0.350 e. The van der Waals surface area contributed by atoms with Crippen molar-refractivity contribution in [2.45, 2.75) is 19.0 Å². The highest BCUT2D eigenvalue weighted by Gasteiger charge is 2.24. The van der Waals surface area contributed by atoms with Crippen LogP contribution in [0.1, 0.15) is 28.6 Å². The number of aromatic amines is 1. The number of fused-ring (bicyclic) bond motifs is 1. The number of nitrogens with one attached hydrogen (secondary N) is 3. The Morgan fingerprint density at radius 2 is 1.91 bits per heavy atom. The molecular formula is C17H18N6. The van der Waals surface area contributed by atoms with Crippen LogP contribution in [0.25, 0.3) is 0 Å². The lowest BCUT2D eigenvalue weighted by Gasteiger charge is -2.22. The van der Waals surface area contributed by atoms with E-state index in [1.54, 1.807) is 6.33 Å². The van der Waals surface area contributed by atoms with E-state index in [1.165, 1.54) is 11.3 Å². The maximum atomic E-state index is 4.43. The summed E-state index contributed by atoms with van der Waals surface area (Å²) in [5, 5.41) is 6.71. The molecule has 3 heterocycles. The van der Waals surface area contributed by atoms with Gasteiger partial charge in [-0.1, -0.05) is 30.3 Å². The van der Waals surface area contributed by atoms with E-state index in [-0.39, 0.29) is 6.04 Å². The average molecular weight is 306 g/mol. The van der Waals surface area contributed by atoms with Crippen molar-refractivity contribution in [3.05, 3.63) is 71.6 Å². The van der Waals surface area contributed by atoms with Crippen molar-refractivity contribution in [2.75, 3.05) is 11.9 Å². The van der Waals surface area contributed by atoms with E-state index >= 15 is 0 Å². The molecule has 2 aromatic heterocycles. The third-order valence-electron chi connectivity index (χ3n) is 4.05. The van der Waals surface area contributed by atoms with E-state index in [1.807, 2.05) is 30.6 Å². The van der Waals surface area contributed by atoms with Crippen LogP contribution >= 0.6 is 0 Å². The van der Waals surface area contributed by atoms with E-state index in [9.17, 15) is 0 Å². The standard InChI is InChI=1S/C17H18N6/c1-2-4-12(5-3-1)8-19-17-20-9-13(10-21-17)15-16-14(6-7-18-15)22-11-23-16/h1-5,9-11,15,18H,6-8H2,(H,22,23)(H,19,20,21)/t15-/m1/s1. The summed E-state index contributed by atoms with van der Waals surface area (Å²) in [5.41, 5.74) is 4.48. The van der Waals surface area contributed by atoms with Gasteiger partial charge in [0.1, 0.15) is 0 Å². The zero-order valence-corrected chi connectivity index (χ0v) is 12.7. The van der Waals surface area contributed by atoms with Gasteiger partial charge in [0, 0.05) is 43.2 Å². The summed E-state index contributed by atoms with van der Waals surface area (Å²) in [5.74, 6) is 0.635. The van der Waals surface area contributed by atoms with Crippen molar-refractivity contribution in [3.63, 3.8) is 0 Å². The van der Waals surface area contributed by atoms with Gasteiger partial charge in [-0.3, -0.25) is 0 Å². The Morgan fingerprint density at radius 1 is 1.09 bits per heavy atom. The van der Waals surface area contributed by atoms with Crippen LogP contribution in [-0.4, -0.2) is 26.5 Å². The minimum atomic E-state index is 0.0631. The Kier molecular flexibility index (Phi) is 3.73. The first-order valence-corrected chi connectivity index (χ1v) is 7.75. The van der Waals surface area contributed by atoms with Crippen LogP contribution in [0.3, 0.4) is 0 Å². The van der Waals surface area contributed by atoms with Gasteiger partial charge in [0.25, 0.3) is 0 Å². The third-order valence-corrected chi connectivity index (χ3v) is 4.05. The minimum absolute atomic E-state index is 0.0631. The van der Waals surface area contributed by atoms with Crippen molar-refractivity contribution >= 4 is 5.95 Å². The summed E-state index contributed by atoms with van der Waals surface area (Å²) >= 11 is 0. The molecule has 23 heavy (non-hydrogen) atoms. The first kappa shape index (κ1) is 13.9. The van der Waals surface area contributed by atoms with Gasteiger partial charge in [0.15, 0.2) is 0 Å². The van der Waals surface area contributed by atoms with E-state index in [0.717, 1.165) is 24.2 Å². The number of H-pyrrole nitrogens is 1. The fourth-order valence-electron chi connectivity index (χ4n) is 2.85. The molecule has 4 rings (SSSR count). The first-order valence-electron chi connectivity index (χ1n) is 7.75. The lowest BCUT2D eigenvalue weighted by Crippen LogP contribution is -2.30. The predicted molar refractivity (Wildman–Crippen MR) is 87.9 cm³/mol. The van der Waals surface area contributed by atoms with Crippen molar-refractivity contribution in [3.8, 4) is 0 Å². The van der Waals surface area contributed by atoms with Gasteiger partial charge in [-0.2, -0.15) is 0 Å². The van der Waals surface area contributed by atoms with Crippen molar-refractivity contribution in [2.24, 2.45) is 0 Å². The van der Waals surface area contributed by atoms with Gasteiger partial charge >= 0.3 is 0 Å². The number of aromatic nitrogens is 4. The molecule has 0 unspecified atom stereocenters. The number of rotatable bonds is 4. The molecule has 1 aromatic carbocycles. The normalized spacial score (nSPS) is 16.8. The molecular weight excluding hydrogens is 288 g/mol. The molecule has 116 valence electrons. The van der Waals surface area contributed by atoms with Gasteiger partial charge in [-0.25, -0.2) is 15.0 Å². The smallest absolute Gasteiger partial charge is 0.222 e. The highest BCUT2D eigenvalue weighted by atomic mass is 15.1. The van der Waals surface area contributed by atoms with Crippen LogP contribution in [0.5, 0.6) is 0 Å².